The highest BCUT2D eigenvalue weighted by Gasteiger charge is 2.26. The first-order chi connectivity index (χ1) is 9.40. The van der Waals surface area contributed by atoms with Crippen molar-refractivity contribution in [1.82, 2.24) is 10.2 Å². The van der Waals surface area contributed by atoms with Gasteiger partial charge in [-0.15, -0.1) is 0 Å². The first-order valence-electron chi connectivity index (χ1n) is 5.59. The van der Waals surface area contributed by atoms with Crippen LogP contribution in [0, 0.1) is 10.1 Å². The highest BCUT2D eigenvalue weighted by molar-refractivity contribution is 6.44. The normalized spacial score (nSPS) is 14.9. The lowest BCUT2D eigenvalue weighted by atomic mass is 10.1. The number of nitro benzene ring substituents is 1. The summed E-state index contributed by atoms with van der Waals surface area (Å²) < 4.78 is 0. The summed E-state index contributed by atoms with van der Waals surface area (Å²) in [6.07, 6.45) is 0. The maximum Gasteiger partial charge on any atom is 0.271 e. The van der Waals surface area contributed by atoms with E-state index in [9.17, 15) is 19.7 Å². The van der Waals surface area contributed by atoms with Crippen LogP contribution in [0.2, 0.25) is 10.0 Å². The van der Waals surface area contributed by atoms with Crippen molar-refractivity contribution in [2.45, 2.75) is 0 Å². The third-order valence-electron chi connectivity index (χ3n) is 2.78. The quantitative estimate of drug-likeness (QED) is 0.660. The van der Waals surface area contributed by atoms with E-state index >= 15 is 0 Å². The van der Waals surface area contributed by atoms with Gasteiger partial charge >= 0.3 is 0 Å². The predicted molar refractivity (Wildman–Crippen MR) is 72.0 cm³/mol. The SMILES string of the molecule is O=C1CN(C(=O)c2cc([N+](=O)[O-])cc(Cl)c2Cl)CCN1. The van der Waals surface area contributed by atoms with Crippen LogP contribution in [0.3, 0.4) is 0 Å². The van der Waals surface area contributed by atoms with Gasteiger partial charge in [-0.05, 0) is 0 Å². The minimum Gasteiger partial charge on any atom is -0.353 e. The molecule has 0 aromatic heterocycles. The molecule has 1 fully saturated rings. The number of carbonyl (C=O) groups excluding carboxylic acids is 2. The number of nitrogens with one attached hydrogen (secondary N) is 1. The molecule has 106 valence electrons. The molecule has 1 heterocycles. The molecule has 20 heavy (non-hydrogen) atoms. The van der Waals surface area contributed by atoms with Crippen LogP contribution in [0.15, 0.2) is 12.1 Å². The van der Waals surface area contributed by atoms with Gasteiger partial charge in [-0.25, -0.2) is 0 Å². The summed E-state index contributed by atoms with van der Waals surface area (Å²) in [4.78, 5) is 34.9. The van der Waals surface area contributed by atoms with Crippen LogP contribution in [0.5, 0.6) is 0 Å². The van der Waals surface area contributed by atoms with Crippen molar-refractivity contribution >= 4 is 40.7 Å². The van der Waals surface area contributed by atoms with E-state index < -0.39 is 10.8 Å². The van der Waals surface area contributed by atoms with Crippen LogP contribution >= 0.6 is 23.2 Å². The molecule has 1 aliphatic heterocycles. The molecule has 1 saturated heterocycles. The van der Waals surface area contributed by atoms with Gasteiger partial charge in [0.25, 0.3) is 11.6 Å². The van der Waals surface area contributed by atoms with Crippen molar-refractivity contribution in [2.75, 3.05) is 19.6 Å². The van der Waals surface area contributed by atoms with Crippen LogP contribution in [-0.4, -0.2) is 41.3 Å². The molecule has 0 radical (unpaired) electrons. The highest BCUT2D eigenvalue weighted by atomic mass is 35.5. The Bertz CT molecular complexity index is 606. The van der Waals surface area contributed by atoms with Gasteiger partial charge < -0.3 is 10.2 Å². The van der Waals surface area contributed by atoms with Gasteiger partial charge in [-0.1, -0.05) is 23.2 Å². The number of rotatable bonds is 2. The maximum absolute atomic E-state index is 12.3. The predicted octanol–water partition coefficient (Wildman–Crippen LogP) is 1.47. The number of carbonyl (C=O) groups is 2. The molecule has 1 aromatic carbocycles. The largest absolute Gasteiger partial charge is 0.353 e. The zero-order valence-electron chi connectivity index (χ0n) is 10.1. The van der Waals surface area contributed by atoms with Crippen LogP contribution in [0.4, 0.5) is 5.69 Å². The topological polar surface area (TPSA) is 92.5 Å². The summed E-state index contributed by atoms with van der Waals surface area (Å²) in [5.41, 5.74) is -0.412. The molecule has 0 bridgehead atoms. The number of nitrogens with zero attached hydrogens (tertiary/aromatic N) is 2. The van der Waals surface area contributed by atoms with E-state index in [1.54, 1.807) is 0 Å². The first kappa shape index (κ1) is 14.5. The number of nitro groups is 1. The average Bonchev–Trinajstić information content (AvgIpc) is 2.40. The number of halogens is 2. The number of non-ortho nitro benzene ring substituents is 1. The molecule has 1 aliphatic rings. The lowest BCUT2D eigenvalue weighted by Crippen LogP contribution is -2.50. The van der Waals surface area contributed by atoms with Gasteiger partial charge in [0.2, 0.25) is 5.91 Å². The third-order valence-corrected chi connectivity index (χ3v) is 3.58. The third kappa shape index (κ3) is 2.83. The van der Waals surface area contributed by atoms with E-state index in [0.717, 1.165) is 12.1 Å². The van der Waals surface area contributed by atoms with Crippen molar-refractivity contribution in [3.63, 3.8) is 0 Å². The second-order valence-electron chi connectivity index (χ2n) is 4.12. The summed E-state index contributed by atoms with van der Waals surface area (Å²) in [7, 11) is 0. The van der Waals surface area contributed by atoms with Gasteiger partial charge in [0.05, 0.1) is 27.1 Å². The lowest BCUT2D eigenvalue weighted by molar-refractivity contribution is -0.384. The lowest BCUT2D eigenvalue weighted by Gasteiger charge is -2.27. The Kier molecular flexibility index (Phi) is 4.10. The van der Waals surface area contributed by atoms with Gasteiger partial charge in [-0.3, -0.25) is 19.7 Å². The van der Waals surface area contributed by atoms with Crippen LogP contribution in [0.1, 0.15) is 10.4 Å². The van der Waals surface area contributed by atoms with Gasteiger partial charge in [-0.2, -0.15) is 0 Å². The van der Waals surface area contributed by atoms with Crippen molar-refractivity contribution in [1.29, 1.82) is 0 Å². The van der Waals surface area contributed by atoms with Gasteiger partial charge in [0.1, 0.15) is 0 Å². The second-order valence-corrected chi connectivity index (χ2v) is 4.91. The van der Waals surface area contributed by atoms with Crippen LogP contribution in [-0.2, 0) is 4.79 Å². The van der Waals surface area contributed by atoms with E-state index in [0.29, 0.717) is 13.1 Å². The minimum atomic E-state index is -0.665. The molecular formula is C11H9Cl2N3O4. The number of hydrogen-bond donors (Lipinski definition) is 1. The van der Waals surface area contributed by atoms with Crippen molar-refractivity contribution < 1.29 is 14.5 Å². The fourth-order valence-corrected chi connectivity index (χ4v) is 2.22. The first-order valence-corrected chi connectivity index (χ1v) is 6.35. The maximum atomic E-state index is 12.3. The molecule has 0 saturated carbocycles. The zero-order valence-corrected chi connectivity index (χ0v) is 11.6. The highest BCUT2D eigenvalue weighted by Crippen LogP contribution is 2.31. The molecule has 2 amide bonds. The summed E-state index contributed by atoms with van der Waals surface area (Å²) in [5, 5.41) is 13.2. The monoisotopic (exact) mass is 317 g/mol. The van der Waals surface area contributed by atoms with Crippen LogP contribution < -0.4 is 5.32 Å². The standard InChI is InChI=1S/C11H9Cl2N3O4/c12-8-4-6(16(19)20)3-7(10(8)13)11(18)15-2-1-14-9(17)5-15/h3-4H,1-2,5H2,(H,14,17). The molecular weight excluding hydrogens is 309 g/mol. The molecule has 2 rings (SSSR count). The number of piperazine rings is 1. The molecule has 1 aromatic rings. The molecule has 0 aliphatic carbocycles. The zero-order chi connectivity index (χ0) is 14.9. The fraction of sp³-hybridized carbons (Fsp3) is 0.273. The van der Waals surface area contributed by atoms with E-state index in [1.165, 1.54) is 4.90 Å². The van der Waals surface area contributed by atoms with E-state index in [1.807, 2.05) is 0 Å². The Morgan fingerprint density at radius 3 is 2.70 bits per heavy atom. The van der Waals surface area contributed by atoms with E-state index in [-0.39, 0.29) is 33.7 Å². The summed E-state index contributed by atoms with van der Waals surface area (Å²) >= 11 is 11.7. The summed E-state index contributed by atoms with van der Waals surface area (Å²) in [6.45, 7) is 0.515. The van der Waals surface area contributed by atoms with Crippen molar-refractivity contribution in [3.8, 4) is 0 Å². The Hall–Kier alpha value is -1.86. The smallest absolute Gasteiger partial charge is 0.271 e. The number of amides is 2. The second kappa shape index (κ2) is 5.64. The molecule has 9 heteroatoms. The molecule has 1 N–H and O–H groups in total. The van der Waals surface area contributed by atoms with Gasteiger partial charge in [0, 0.05) is 25.2 Å². The molecule has 0 unspecified atom stereocenters. The van der Waals surface area contributed by atoms with Gasteiger partial charge in [0.15, 0.2) is 0 Å². The molecule has 7 nitrogen and oxygen atoms in total. The molecule has 0 atom stereocenters. The van der Waals surface area contributed by atoms with E-state index in [2.05, 4.69) is 5.32 Å². The van der Waals surface area contributed by atoms with E-state index in [4.69, 9.17) is 23.2 Å². The Labute approximate surface area is 123 Å². The Balaban J connectivity index is 2.38. The average molecular weight is 318 g/mol. The number of hydrogen-bond acceptors (Lipinski definition) is 4. The Morgan fingerprint density at radius 2 is 2.10 bits per heavy atom. The summed E-state index contributed by atoms with van der Waals surface area (Å²) in [6, 6.07) is 2.13. The van der Waals surface area contributed by atoms with Crippen molar-refractivity contribution in [3.05, 3.63) is 37.9 Å². The minimum absolute atomic E-state index is 0.0618. The Morgan fingerprint density at radius 1 is 1.40 bits per heavy atom. The number of benzene rings is 1. The van der Waals surface area contributed by atoms with Crippen molar-refractivity contribution in [2.24, 2.45) is 0 Å². The van der Waals surface area contributed by atoms with Crippen LogP contribution in [0.25, 0.3) is 0 Å². The molecule has 0 spiro atoms. The fourth-order valence-electron chi connectivity index (χ4n) is 1.82. The summed E-state index contributed by atoms with van der Waals surface area (Å²) in [5.74, 6) is -0.854.